The first kappa shape index (κ1) is 13.4. The van der Waals surface area contributed by atoms with Gasteiger partial charge in [-0.3, -0.25) is 0 Å². The predicted molar refractivity (Wildman–Crippen MR) is 90.0 cm³/mol. The summed E-state index contributed by atoms with van der Waals surface area (Å²) < 4.78 is 1.09. The van der Waals surface area contributed by atoms with Crippen molar-refractivity contribution in [3.8, 4) is 22.3 Å². The lowest BCUT2D eigenvalue weighted by Crippen LogP contribution is -1.81. The third-order valence-electron chi connectivity index (χ3n) is 3.18. The molecule has 0 saturated heterocycles. The van der Waals surface area contributed by atoms with Crippen molar-refractivity contribution < 1.29 is 0 Å². The average Bonchev–Trinajstić information content (AvgIpc) is 2.47. The van der Waals surface area contributed by atoms with E-state index in [4.69, 9.17) is 11.6 Å². The van der Waals surface area contributed by atoms with Crippen molar-refractivity contribution in [2.45, 2.75) is 0 Å². The number of hydrogen-bond acceptors (Lipinski definition) is 0. The van der Waals surface area contributed by atoms with E-state index in [-0.39, 0.29) is 0 Å². The Kier molecular flexibility index (Phi) is 3.90. The summed E-state index contributed by atoms with van der Waals surface area (Å²) in [5, 5.41) is 0.760. The number of halogens is 2. The van der Waals surface area contributed by atoms with E-state index in [2.05, 4.69) is 58.4 Å². The summed E-state index contributed by atoms with van der Waals surface area (Å²) >= 11 is 9.58. The molecular weight excluding hydrogens is 332 g/mol. The van der Waals surface area contributed by atoms with Gasteiger partial charge in [0.25, 0.3) is 0 Å². The summed E-state index contributed by atoms with van der Waals surface area (Å²) in [5.74, 6) is 0. The van der Waals surface area contributed by atoms with E-state index in [9.17, 15) is 0 Å². The van der Waals surface area contributed by atoms with Crippen LogP contribution in [0.25, 0.3) is 22.3 Å². The largest absolute Gasteiger partial charge is 0.0843 e. The fourth-order valence-corrected chi connectivity index (χ4v) is 2.80. The van der Waals surface area contributed by atoms with Crippen LogP contribution in [0.3, 0.4) is 0 Å². The zero-order valence-corrected chi connectivity index (χ0v) is 13.0. The van der Waals surface area contributed by atoms with Gasteiger partial charge in [0.2, 0.25) is 0 Å². The monoisotopic (exact) mass is 342 g/mol. The topological polar surface area (TPSA) is 0 Å². The summed E-state index contributed by atoms with van der Waals surface area (Å²) in [5.41, 5.74) is 4.70. The predicted octanol–water partition coefficient (Wildman–Crippen LogP) is 6.44. The van der Waals surface area contributed by atoms with Gasteiger partial charge >= 0.3 is 0 Å². The molecule has 0 aromatic heterocycles. The van der Waals surface area contributed by atoms with Gasteiger partial charge in [-0.15, -0.1) is 0 Å². The molecule has 3 rings (SSSR count). The van der Waals surface area contributed by atoms with Crippen molar-refractivity contribution in [1.82, 2.24) is 0 Å². The molecule has 0 aliphatic heterocycles. The Morgan fingerprint density at radius 3 is 1.70 bits per heavy atom. The second kappa shape index (κ2) is 5.82. The molecule has 0 saturated carbocycles. The molecule has 0 radical (unpaired) electrons. The highest BCUT2D eigenvalue weighted by Crippen LogP contribution is 2.29. The first-order chi connectivity index (χ1) is 9.72. The standard InChI is InChI=1S/C18H12BrCl/c19-17-8-2-6-15(11-17)13-4-1-5-14(10-13)16-7-3-9-18(20)12-16/h1-12H. The minimum atomic E-state index is 0.760. The first-order valence-electron chi connectivity index (χ1n) is 6.34. The molecule has 0 heterocycles. The van der Waals surface area contributed by atoms with E-state index < -0.39 is 0 Å². The molecule has 0 fully saturated rings. The maximum atomic E-state index is 6.07. The van der Waals surface area contributed by atoms with Crippen LogP contribution in [0.15, 0.2) is 77.3 Å². The molecule has 0 aliphatic rings. The molecular formula is C18H12BrCl. The molecule has 0 N–H and O–H groups in total. The second-order valence-electron chi connectivity index (χ2n) is 4.60. The number of benzene rings is 3. The fourth-order valence-electron chi connectivity index (χ4n) is 2.21. The zero-order chi connectivity index (χ0) is 13.9. The van der Waals surface area contributed by atoms with Gasteiger partial charge in [0.1, 0.15) is 0 Å². The van der Waals surface area contributed by atoms with Crippen LogP contribution in [0.1, 0.15) is 0 Å². The van der Waals surface area contributed by atoms with E-state index in [1.54, 1.807) is 0 Å². The summed E-state index contributed by atoms with van der Waals surface area (Å²) in [6.07, 6.45) is 0. The van der Waals surface area contributed by atoms with Crippen molar-refractivity contribution in [3.63, 3.8) is 0 Å². The lowest BCUT2D eigenvalue weighted by Gasteiger charge is -2.07. The lowest BCUT2D eigenvalue weighted by molar-refractivity contribution is 1.57. The Balaban J connectivity index is 2.06. The Bertz CT molecular complexity index is 689. The minimum Gasteiger partial charge on any atom is -0.0843 e. The van der Waals surface area contributed by atoms with Crippen LogP contribution in [-0.4, -0.2) is 0 Å². The molecule has 0 nitrogen and oxygen atoms in total. The minimum absolute atomic E-state index is 0.760. The quantitative estimate of drug-likeness (QED) is 0.502. The molecule has 0 atom stereocenters. The zero-order valence-electron chi connectivity index (χ0n) is 10.7. The van der Waals surface area contributed by atoms with E-state index >= 15 is 0 Å². The Hall–Kier alpha value is -1.57. The Morgan fingerprint density at radius 1 is 0.600 bits per heavy atom. The average molecular weight is 344 g/mol. The van der Waals surface area contributed by atoms with Gasteiger partial charge in [-0.2, -0.15) is 0 Å². The van der Waals surface area contributed by atoms with E-state index in [0.29, 0.717) is 0 Å². The van der Waals surface area contributed by atoms with Crippen LogP contribution in [-0.2, 0) is 0 Å². The van der Waals surface area contributed by atoms with Gasteiger partial charge in [0.15, 0.2) is 0 Å². The SMILES string of the molecule is Clc1cccc(-c2cccc(-c3cccc(Br)c3)c2)c1. The van der Waals surface area contributed by atoms with E-state index in [1.807, 2.05) is 30.3 Å². The third kappa shape index (κ3) is 2.95. The maximum absolute atomic E-state index is 6.07. The molecule has 0 spiro atoms. The molecule has 20 heavy (non-hydrogen) atoms. The van der Waals surface area contributed by atoms with Gasteiger partial charge in [-0.05, 0) is 52.6 Å². The maximum Gasteiger partial charge on any atom is 0.0412 e. The van der Waals surface area contributed by atoms with Gasteiger partial charge in [0.05, 0.1) is 0 Å². The molecule has 0 bridgehead atoms. The molecule has 0 aliphatic carbocycles. The van der Waals surface area contributed by atoms with Crippen LogP contribution in [0, 0.1) is 0 Å². The molecule has 2 heteroatoms. The highest BCUT2D eigenvalue weighted by atomic mass is 79.9. The summed E-state index contributed by atoms with van der Waals surface area (Å²) in [7, 11) is 0. The second-order valence-corrected chi connectivity index (χ2v) is 5.95. The molecule has 3 aromatic rings. The Labute approximate surface area is 132 Å². The van der Waals surface area contributed by atoms with Gasteiger partial charge in [-0.1, -0.05) is 70.0 Å². The number of hydrogen-bond donors (Lipinski definition) is 0. The van der Waals surface area contributed by atoms with Crippen molar-refractivity contribution in [2.24, 2.45) is 0 Å². The third-order valence-corrected chi connectivity index (χ3v) is 3.91. The summed E-state index contributed by atoms with van der Waals surface area (Å²) in [4.78, 5) is 0. The highest BCUT2D eigenvalue weighted by molar-refractivity contribution is 9.10. The molecule has 3 aromatic carbocycles. The van der Waals surface area contributed by atoms with Crippen molar-refractivity contribution in [3.05, 3.63) is 82.3 Å². The smallest absolute Gasteiger partial charge is 0.0412 e. The first-order valence-corrected chi connectivity index (χ1v) is 7.51. The van der Waals surface area contributed by atoms with Crippen LogP contribution in [0.4, 0.5) is 0 Å². The van der Waals surface area contributed by atoms with Crippen LogP contribution in [0.2, 0.25) is 5.02 Å². The lowest BCUT2D eigenvalue weighted by atomic mass is 9.99. The Morgan fingerprint density at radius 2 is 1.10 bits per heavy atom. The summed E-state index contributed by atoms with van der Waals surface area (Å²) in [6, 6.07) is 24.7. The van der Waals surface area contributed by atoms with Crippen LogP contribution >= 0.6 is 27.5 Å². The normalized spacial score (nSPS) is 10.5. The van der Waals surface area contributed by atoms with Crippen molar-refractivity contribution in [1.29, 1.82) is 0 Å². The fraction of sp³-hybridized carbons (Fsp3) is 0. The van der Waals surface area contributed by atoms with E-state index in [1.165, 1.54) is 16.7 Å². The van der Waals surface area contributed by atoms with Gasteiger partial charge in [-0.25, -0.2) is 0 Å². The molecule has 0 amide bonds. The van der Waals surface area contributed by atoms with Crippen molar-refractivity contribution >= 4 is 27.5 Å². The van der Waals surface area contributed by atoms with Crippen LogP contribution < -0.4 is 0 Å². The van der Waals surface area contributed by atoms with Crippen LogP contribution in [0.5, 0.6) is 0 Å². The van der Waals surface area contributed by atoms with Gasteiger partial charge in [0, 0.05) is 9.50 Å². The molecule has 0 unspecified atom stereocenters. The summed E-state index contributed by atoms with van der Waals surface area (Å²) in [6.45, 7) is 0. The van der Waals surface area contributed by atoms with Gasteiger partial charge < -0.3 is 0 Å². The van der Waals surface area contributed by atoms with E-state index in [0.717, 1.165) is 15.1 Å². The number of rotatable bonds is 2. The molecule has 98 valence electrons. The van der Waals surface area contributed by atoms with Crippen molar-refractivity contribution in [2.75, 3.05) is 0 Å². The highest BCUT2D eigenvalue weighted by Gasteiger charge is 2.02.